The van der Waals surface area contributed by atoms with Gasteiger partial charge in [-0.3, -0.25) is 4.79 Å². The lowest BCUT2D eigenvalue weighted by Gasteiger charge is -2.27. The molecule has 1 aliphatic heterocycles. The molecule has 2 aromatic rings. The predicted octanol–water partition coefficient (Wildman–Crippen LogP) is 4.28. The van der Waals surface area contributed by atoms with Crippen LogP contribution in [0, 0.1) is 0 Å². The van der Waals surface area contributed by atoms with Crippen LogP contribution in [0.25, 0.3) is 0 Å². The van der Waals surface area contributed by atoms with Gasteiger partial charge in [0.15, 0.2) is 0 Å². The smallest absolute Gasteiger partial charge is 0.387 e. The van der Waals surface area contributed by atoms with Crippen molar-refractivity contribution in [2.24, 2.45) is 0 Å². The highest BCUT2D eigenvalue weighted by atomic mass is 19.3. The number of hydrogen-bond acceptors (Lipinski definition) is 4. The molecule has 3 rings (SSSR count). The second-order valence-electron chi connectivity index (χ2n) is 6.17. The van der Waals surface area contributed by atoms with E-state index in [1.165, 1.54) is 18.2 Å². The Labute approximate surface area is 156 Å². The molecule has 7 heteroatoms. The number of ether oxygens (including phenoxy) is 3. The third-order valence-electron chi connectivity index (χ3n) is 4.62. The first-order valence-electron chi connectivity index (χ1n) is 8.61. The van der Waals surface area contributed by atoms with E-state index in [4.69, 9.17) is 9.47 Å². The molecule has 0 aliphatic carbocycles. The number of nitrogens with zero attached hydrogens (tertiary/aromatic N) is 1. The van der Waals surface area contributed by atoms with Crippen LogP contribution in [0.4, 0.5) is 8.78 Å². The van der Waals surface area contributed by atoms with Gasteiger partial charge < -0.3 is 19.1 Å². The van der Waals surface area contributed by atoms with Crippen LogP contribution in [-0.4, -0.2) is 38.2 Å². The number of rotatable bonds is 6. The Hall–Kier alpha value is -2.83. The van der Waals surface area contributed by atoms with Crippen LogP contribution in [0.5, 0.6) is 17.2 Å². The lowest BCUT2D eigenvalue weighted by Crippen LogP contribution is -2.30. The fourth-order valence-electron chi connectivity index (χ4n) is 3.40. The molecule has 0 bridgehead atoms. The second-order valence-corrected chi connectivity index (χ2v) is 6.17. The molecule has 27 heavy (non-hydrogen) atoms. The highest BCUT2D eigenvalue weighted by Gasteiger charge is 2.32. The predicted molar refractivity (Wildman–Crippen MR) is 95.6 cm³/mol. The average molecular weight is 377 g/mol. The Bertz CT molecular complexity index is 812. The average Bonchev–Trinajstić information content (AvgIpc) is 3.16. The standard InChI is InChI=1S/C20H21F2NO4/c1-25-14-8-9-16(18(12-14)26-2)17-7-4-10-23(17)19(24)13-5-3-6-15(11-13)27-20(21)22/h3,5-6,8-9,11-12,17,20H,4,7,10H2,1-2H3. The highest BCUT2D eigenvalue weighted by molar-refractivity contribution is 5.95. The number of hydrogen-bond donors (Lipinski definition) is 0. The first-order chi connectivity index (χ1) is 13.0. The first kappa shape index (κ1) is 18.9. The summed E-state index contributed by atoms with van der Waals surface area (Å²) in [5, 5.41) is 0. The largest absolute Gasteiger partial charge is 0.497 e. The van der Waals surface area contributed by atoms with E-state index < -0.39 is 6.61 Å². The fourth-order valence-corrected chi connectivity index (χ4v) is 3.40. The molecule has 0 saturated carbocycles. The van der Waals surface area contributed by atoms with E-state index in [1.54, 1.807) is 31.3 Å². The normalized spacial score (nSPS) is 16.5. The van der Waals surface area contributed by atoms with E-state index in [2.05, 4.69) is 4.74 Å². The van der Waals surface area contributed by atoms with Crippen molar-refractivity contribution >= 4 is 5.91 Å². The van der Waals surface area contributed by atoms with Crippen LogP contribution in [0.3, 0.4) is 0 Å². The Morgan fingerprint density at radius 2 is 1.93 bits per heavy atom. The zero-order chi connectivity index (χ0) is 19.4. The maximum Gasteiger partial charge on any atom is 0.387 e. The zero-order valence-corrected chi connectivity index (χ0v) is 15.2. The number of methoxy groups -OCH3 is 2. The van der Waals surface area contributed by atoms with Gasteiger partial charge in [0.2, 0.25) is 0 Å². The number of alkyl halides is 2. The number of amides is 1. The minimum absolute atomic E-state index is 0.0337. The van der Waals surface area contributed by atoms with Crippen LogP contribution in [0.15, 0.2) is 42.5 Å². The van der Waals surface area contributed by atoms with Gasteiger partial charge in [0.1, 0.15) is 17.2 Å². The van der Waals surface area contributed by atoms with E-state index in [1.807, 2.05) is 12.1 Å². The molecule has 0 aromatic heterocycles. The summed E-state index contributed by atoms with van der Waals surface area (Å²) in [4.78, 5) is 14.8. The summed E-state index contributed by atoms with van der Waals surface area (Å²) in [5.41, 5.74) is 1.21. The van der Waals surface area contributed by atoms with Crippen molar-refractivity contribution in [3.05, 3.63) is 53.6 Å². The molecule has 1 fully saturated rings. The van der Waals surface area contributed by atoms with Gasteiger partial charge in [0.05, 0.1) is 20.3 Å². The Balaban J connectivity index is 1.87. The summed E-state index contributed by atoms with van der Waals surface area (Å²) >= 11 is 0. The third kappa shape index (κ3) is 4.13. The van der Waals surface area contributed by atoms with Gasteiger partial charge in [0.25, 0.3) is 5.91 Å². The van der Waals surface area contributed by atoms with E-state index in [0.29, 0.717) is 23.6 Å². The van der Waals surface area contributed by atoms with Gasteiger partial charge in [-0.1, -0.05) is 6.07 Å². The van der Waals surface area contributed by atoms with Gasteiger partial charge in [-0.05, 0) is 43.2 Å². The van der Waals surface area contributed by atoms with E-state index in [-0.39, 0.29) is 17.7 Å². The molecular weight excluding hydrogens is 356 g/mol. The molecule has 1 saturated heterocycles. The van der Waals surface area contributed by atoms with Crippen molar-refractivity contribution in [3.8, 4) is 17.2 Å². The quantitative estimate of drug-likeness (QED) is 0.754. The molecule has 5 nitrogen and oxygen atoms in total. The summed E-state index contributed by atoms with van der Waals surface area (Å²) in [6.07, 6.45) is 1.64. The van der Waals surface area contributed by atoms with E-state index >= 15 is 0 Å². The lowest BCUT2D eigenvalue weighted by atomic mass is 10.0. The van der Waals surface area contributed by atoms with Crippen LogP contribution in [-0.2, 0) is 0 Å². The van der Waals surface area contributed by atoms with Crippen molar-refractivity contribution in [3.63, 3.8) is 0 Å². The molecule has 1 atom stereocenters. The molecule has 0 radical (unpaired) electrons. The molecule has 1 amide bonds. The summed E-state index contributed by atoms with van der Waals surface area (Å²) in [6, 6.07) is 11.2. The second kappa shape index (κ2) is 8.24. The van der Waals surface area contributed by atoms with Gasteiger partial charge in [-0.25, -0.2) is 0 Å². The number of likely N-dealkylation sites (tertiary alicyclic amines) is 1. The third-order valence-corrected chi connectivity index (χ3v) is 4.62. The Kier molecular flexibility index (Phi) is 5.78. The van der Waals surface area contributed by atoms with Gasteiger partial charge in [-0.15, -0.1) is 0 Å². The van der Waals surface area contributed by atoms with Crippen molar-refractivity contribution in [1.82, 2.24) is 4.90 Å². The Morgan fingerprint density at radius 3 is 2.63 bits per heavy atom. The zero-order valence-electron chi connectivity index (χ0n) is 15.2. The monoisotopic (exact) mass is 377 g/mol. The molecular formula is C20H21F2NO4. The lowest BCUT2D eigenvalue weighted by molar-refractivity contribution is -0.0499. The molecule has 0 spiro atoms. The van der Waals surface area contributed by atoms with Crippen LogP contribution in [0.2, 0.25) is 0 Å². The number of carbonyl (C=O) groups excluding carboxylic acids is 1. The van der Waals surface area contributed by atoms with Crippen molar-refractivity contribution < 1.29 is 27.8 Å². The van der Waals surface area contributed by atoms with Crippen molar-refractivity contribution in [2.75, 3.05) is 20.8 Å². The molecule has 2 aromatic carbocycles. The van der Waals surface area contributed by atoms with E-state index in [9.17, 15) is 13.6 Å². The Morgan fingerprint density at radius 1 is 1.11 bits per heavy atom. The number of benzene rings is 2. The minimum atomic E-state index is -2.93. The first-order valence-corrected chi connectivity index (χ1v) is 8.61. The highest BCUT2D eigenvalue weighted by Crippen LogP contribution is 2.39. The van der Waals surface area contributed by atoms with Crippen LogP contribution in [0.1, 0.15) is 34.8 Å². The van der Waals surface area contributed by atoms with Gasteiger partial charge in [-0.2, -0.15) is 8.78 Å². The SMILES string of the molecule is COc1ccc(C2CCCN2C(=O)c2cccc(OC(F)F)c2)c(OC)c1. The summed E-state index contributed by atoms with van der Waals surface area (Å²) < 4.78 is 40.0. The minimum Gasteiger partial charge on any atom is -0.497 e. The summed E-state index contributed by atoms with van der Waals surface area (Å²) in [5.74, 6) is 1.06. The van der Waals surface area contributed by atoms with Gasteiger partial charge >= 0.3 is 6.61 Å². The fraction of sp³-hybridized carbons (Fsp3) is 0.350. The molecule has 1 unspecified atom stereocenters. The number of halogens is 2. The summed E-state index contributed by atoms with van der Waals surface area (Å²) in [6.45, 7) is -2.35. The topological polar surface area (TPSA) is 48.0 Å². The summed E-state index contributed by atoms with van der Waals surface area (Å²) in [7, 11) is 3.15. The van der Waals surface area contributed by atoms with Crippen LogP contribution >= 0.6 is 0 Å². The maximum absolute atomic E-state index is 13.0. The number of carbonyl (C=O) groups is 1. The molecule has 144 valence electrons. The molecule has 0 N–H and O–H groups in total. The molecule has 1 heterocycles. The van der Waals surface area contributed by atoms with Gasteiger partial charge in [0, 0.05) is 23.7 Å². The maximum atomic E-state index is 13.0. The molecule has 1 aliphatic rings. The van der Waals surface area contributed by atoms with E-state index in [0.717, 1.165) is 18.4 Å². The van der Waals surface area contributed by atoms with Crippen LogP contribution < -0.4 is 14.2 Å². The van der Waals surface area contributed by atoms with Crippen molar-refractivity contribution in [2.45, 2.75) is 25.5 Å². The van der Waals surface area contributed by atoms with Crippen molar-refractivity contribution in [1.29, 1.82) is 0 Å².